The summed E-state index contributed by atoms with van der Waals surface area (Å²) in [6, 6.07) is 15.1. The molecule has 2 aromatic rings. The van der Waals surface area contributed by atoms with Gasteiger partial charge >= 0.3 is 0 Å². The van der Waals surface area contributed by atoms with Gasteiger partial charge in [-0.2, -0.15) is 0 Å². The largest absolute Gasteiger partial charge is 0.494 e. The molecule has 0 unspecified atom stereocenters. The van der Waals surface area contributed by atoms with Gasteiger partial charge in [0, 0.05) is 11.3 Å². The van der Waals surface area contributed by atoms with Gasteiger partial charge in [-0.25, -0.2) is 0 Å². The number of carbonyl (C=O) groups is 1. The van der Waals surface area contributed by atoms with Crippen LogP contribution in [0.1, 0.15) is 57.0 Å². The Morgan fingerprint density at radius 3 is 2.18 bits per heavy atom. The van der Waals surface area contributed by atoms with Crippen molar-refractivity contribution in [2.45, 2.75) is 46.5 Å². The lowest BCUT2D eigenvalue weighted by Crippen LogP contribution is -2.34. The zero-order chi connectivity index (χ0) is 20.7. The van der Waals surface area contributed by atoms with Crippen LogP contribution in [-0.4, -0.2) is 17.6 Å². The predicted octanol–water partition coefficient (Wildman–Crippen LogP) is 5.54. The van der Waals surface area contributed by atoms with Crippen LogP contribution < -0.4 is 15.4 Å². The van der Waals surface area contributed by atoms with Crippen LogP contribution in [0.3, 0.4) is 0 Å². The molecule has 0 atom stereocenters. The minimum Gasteiger partial charge on any atom is -0.494 e. The lowest BCUT2D eigenvalue weighted by Gasteiger charge is -2.19. The highest BCUT2D eigenvalue weighted by molar-refractivity contribution is 7.80. The van der Waals surface area contributed by atoms with E-state index < -0.39 is 0 Å². The summed E-state index contributed by atoms with van der Waals surface area (Å²) in [4.78, 5) is 12.4. The minimum atomic E-state index is -0.230. The van der Waals surface area contributed by atoms with Crippen LogP contribution >= 0.6 is 12.2 Å². The van der Waals surface area contributed by atoms with E-state index in [9.17, 15) is 4.79 Å². The summed E-state index contributed by atoms with van der Waals surface area (Å²) >= 11 is 5.25. The van der Waals surface area contributed by atoms with Crippen molar-refractivity contribution in [2.75, 3.05) is 11.9 Å². The standard InChI is InChI=1S/C23H30N2O2S/c1-16(2)14-15-27-20-12-10-19(11-13-20)24-22(28)25-21(26)17-6-8-18(9-7-17)23(3,4)5/h6-13,16H,14-15H2,1-5H3,(H2,24,25,26,28). The maximum atomic E-state index is 12.4. The van der Waals surface area contributed by atoms with E-state index in [4.69, 9.17) is 17.0 Å². The molecule has 1 amide bonds. The second-order valence-electron chi connectivity index (χ2n) is 8.29. The Bertz CT molecular complexity index is 791. The lowest BCUT2D eigenvalue weighted by molar-refractivity contribution is 0.0977. The van der Waals surface area contributed by atoms with E-state index in [-0.39, 0.29) is 16.4 Å². The summed E-state index contributed by atoms with van der Waals surface area (Å²) in [5.74, 6) is 1.21. The fraction of sp³-hybridized carbons (Fsp3) is 0.391. The van der Waals surface area contributed by atoms with Crippen molar-refractivity contribution in [1.82, 2.24) is 5.32 Å². The van der Waals surface area contributed by atoms with Crippen molar-refractivity contribution in [1.29, 1.82) is 0 Å². The van der Waals surface area contributed by atoms with Gasteiger partial charge in [-0.15, -0.1) is 0 Å². The van der Waals surface area contributed by atoms with Gasteiger partial charge in [-0.1, -0.05) is 46.8 Å². The first-order chi connectivity index (χ1) is 13.1. The Morgan fingerprint density at radius 2 is 1.64 bits per heavy atom. The smallest absolute Gasteiger partial charge is 0.257 e. The van der Waals surface area contributed by atoms with Crippen molar-refractivity contribution in [3.8, 4) is 5.75 Å². The fourth-order valence-corrected chi connectivity index (χ4v) is 2.72. The Hall–Kier alpha value is -2.40. The number of amides is 1. The number of anilines is 1. The number of hydrogen-bond acceptors (Lipinski definition) is 3. The van der Waals surface area contributed by atoms with E-state index in [0.29, 0.717) is 18.1 Å². The van der Waals surface area contributed by atoms with Crippen molar-refractivity contribution >= 4 is 28.9 Å². The minimum absolute atomic E-state index is 0.0521. The molecule has 28 heavy (non-hydrogen) atoms. The highest BCUT2D eigenvalue weighted by atomic mass is 32.1. The molecule has 5 heteroatoms. The lowest BCUT2D eigenvalue weighted by atomic mass is 9.87. The van der Waals surface area contributed by atoms with Gasteiger partial charge in [-0.3, -0.25) is 10.1 Å². The van der Waals surface area contributed by atoms with Crippen LogP contribution in [0.2, 0.25) is 0 Å². The van der Waals surface area contributed by atoms with Gasteiger partial charge in [0.1, 0.15) is 5.75 Å². The maximum Gasteiger partial charge on any atom is 0.257 e. The number of nitrogens with one attached hydrogen (secondary N) is 2. The summed E-state index contributed by atoms with van der Waals surface area (Å²) in [6.07, 6.45) is 1.02. The van der Waals surface area contributed by atoms with Crippen LogP contribution in [0.5, 0.6) is 5.75 Å². The Labute approximate surface area is 173 Å². The Kier molecular flexibility index (Phi) is 7.58. The molecule has 0 spiro atoms. The van der Waals surface area contributed by atoms with Gasteiger partial charge in [0.05, 0.1) is 6.61 Å². The monoisotopic (exact) mass is 398 g/mol. The van der Waals surface area contributed by atoms with E-state index in [1.165, 1.54) is 5.56 Å². The highest BCUT2D eigenvalue weighted by Crippen LogP contribution is 2.22. The second-order valence-corrected chi connectivity index (χ2v) is 8.70. The summed E-state index contributed by atoms with van der Waals surface area (Å²) in [7, 11) is 0. The molecule has 2 rings (SSSR count). The number of ether oxygens (including phenoxy) is 1. The van der Waals surface area contributed by atoms with Gasteiger partial charge in [-0.05, 0) is 71.9 Å². The molecule has 0 saturated heterocycles. The van der Waals surface area contributed by atoms with Gasteiger partial charge < -0.3 is 10.1 Å². The number of hydrogen-bond donors (Lipinski definition) is 2. The number of benzene rings is 2. The van der Waals surface area contributed by atoms with Crippen molar-refractivity contribution in [3.05, 3.63) is 59.7 Å². The van der Waals surface area contributed by atoms with Gasteiger partial charge in [0.15, 0.2) is 5.11 Å². The van der Waals surface area contributed by atoms with Crippen molar-refractivity contribution in [2.24, 2.45) is 5.92 Å². The van der Waals surface area contributed by atoms with E-state index in [2.05, 4.69) is 45.3 Å². The number of carbonyl (C=O) groups excluding carboxylic acids is 1. The van der Waals surface area contributed by atoms with Crippen LogP contribution in [0.4, 0.5) is 5.69 Å². The van der Waals surface area contributed by atoms with Crippen LogP contribution in [0.15, 0.2) is 48.5 Å². The SMILES string of the molecule is CC(C)CCOc1ccc(NC(=S)NC(=O)c2ccc(C(C)(C)C)cc2)cc1. The Morgan fingerprint density at radius 1 is 1.04 bits per heavy atom. The van der Waals surface area contributed by atoms with Crippen LogP contribution in [0, 0.1) is 5.92 Å². The summed E-state index contributed by atoms with van der Waals surface area (Å²) in [5, 5.41) is 6.00. The maximum absolute atomic E-state index is 12.4. The predicted molar refractivity (Wildman–Crippen MR) is 120 cm³/mol. The topological polar surface area (TPSA) is 50.4 Å². The highest BCUT2D eigenvalue weighted by Gasteiger charge is 2.14. The molecule has 0 fully saturated rings. The third kappa shape index (κ3) is 6.97. The van der Waals surface area contributed by atoms with Crippen LogP contribution in [-0.2, 0) is 5.41 Å². The van der Waals surface area contributed by atoms with Gasteiger partial charge in [0.25, 0.3) is 5.91 Å². The molecule has 0 radical (unpaired) electrons. The summed E-state index contributed by atoms with van der Waals surface area (Å²) < 4.78 is 5.70. The molecule has 150 valence electrons. The first kappa shape index (κ1) is 21.9. The molecule has 0 saturated carbocycles. The molecule has 0 aromatic heterocycles. The molecule has 2 aromatic carbocycles. The second kappa shape index (κ2) is 9.69. The molecule has 4 nitrogen and oxygen atoms in total. The van der Waals surface area contributed by atoms with Crippen molar-refractivity contribution in [3.63, 3.8) is 0 Å². The normalized spacial score (nSPS) is 11.2. The molecular weight excluding hydrogens is 368 g/mol. The third-order valence-electron chi connectivity index (χ3n) is 4.32. The molecule has 0 bridgehead atoms. The third-order valence-corrected chi connectivity index (χ3v) is 4.52. The molecule has 2 N–H and O–H groups in total. The van der Waals surface area contributed by atoms with E-state index in [1.54, 1.807) is 0 Å². The van der Waals surface area contributed by atoms with Crippen molar-refractivity contribution < 1.29 is 9.53 Å². The van der Waals surface area contributed by atoms with E-state index in [0.717, 1.165) is 17.9 Å². The first-order valence-corrected chi connectivity index (χ1v) is 10.0. The van der Waals surface area contributed by atoms with E-state index in [1.807, 2.05) is 48.5 Å². The quantitative estimate of drug-likeness (QED) is 0.628. The molecule has 0 aliphatic rings. The number of rotatable bonds is 6. The average molecular weight is 399 g/mol. The molecule has 0 heterocycles. The molecular formula is C23H30N2O2S. The van der Waals surface area contributed by atoms with Gasteiger partial charge in [0.2, 0.25) is 0 Å². The van der Waals surface area contributed by atoms with E-state index >= 15 is 0 Å². The summed E-state index contributed by atoms with van der Waals surface area (Å²) in [6.45, 7) is 11.5. The van der Waals surface area contributed by atoms with Crippen LogP contribution in [0.25, 0.3) is 0 Å². The average Bonchev–Trinajstić information content (AvgIpc) is 2.62. The summed E-state index contributed by atoms with van der Waals surface area (Å²) in [5.41, 5.74) is 2.60. The Balaban J connectivity index is 1.86. The molecule has 0 aliphatic heterocycles. The number of thiocarbonyl (C=S) groups is 1. The zero-order valence-electron chi connectivity index (χ0n) is 17.3. The molecule has 0 aliphatic carbocycles. The fourth-order valence-electron chi connectivity index (χ4n) is 2.51. The zero-order valence-corrected chi connectivity index (χ0v) is 18.2. The first-order valence-electron chi connectivity index (χ1n) is 9.61.